The summed E-state index contributed by atoms with van der Waals surface area (Å²) in [5, 5.41) is 3.18. The number of carbonyl (C=O) groups excluding carboxylic acids is 2. The van der Waals surface area contributed by atoms with Crippen LogP contribution in [0, 0.1) is 5.82 Å². The Balaban J connectivity index is 1.92. The van der Waals surface area contributed by atoms with Gasteiger partial charge in [-0.15, -0.1) is 0 Å². The van der Waals surface area contributed by atoms with Crippen LogP contribution in [0.2, 0.25) is 5.02 Å². The second-order valence-corrected chi connectivity index (χ2v) is 5.71. The van der Waals surface area contributed by atoms with Crippen molar-refractivity contribution in [2.24, 2.45) is 0 Å². The molecule has 0 unspecified atom stereocenters. The van der Waals surface area contributed by atoms with E-state index < -0.39 is 0 Å². The molecule has 0 aliphatic carbocycles. The van der Waals surface area contributed by atoms with Gasteiger partial charge in [0.25, 0.3) is 0 Å². The van der Waals surface area contributed by atoms with E-state index in [2.05, 4.69) is 5.32 Å². The third-order valence-corrected chi connectivity index (χ3v) is 3.71. The van der Waals surface area contributed by atoms with Crippen molar-refractivity contribution in [2.45, 2.75) is 13.3 Å². The highest BCUT2D eigenvalue weighted by Gasteiger charge is 2.16. The molecule has 0 aliphatic rings. The summed E-state index contributed by atoms with van der Waals surface area (Å²) in [4.78, 5) is 25.2. The van der Waals surface area contributed by atoms with E-state index in [1.54, 1.807) is 42.5 Å². The normalized spacial score (nSPS) is 10.3. The van der Waals surface area contributed by atoms with Gasteiger partial charge < -0.3 is 10.2 Å². The van der Waals surface area contributed by atoms with Gasteiger partial charge in [-0.1, -0.05) is 35.9 Å². The first-order valence-electron chi connectivity index (χ1n) is 7.51. The third kappa shape index (κ3) is 5.06. The van der Waals surface area contributed by atoms with Crippen LogP contribution in [0.3, 0.4) is 0 Å². The molecule has 2 aromatic rings. The fraction of sp³-hybridized carbons (Fsp3) is 0.222. The van der Waals surface area contributed by atoms with E-state index in [-0.39, 0.29) is 24.2 Å². The van der Waals surface area contributed by atoms with E-state index in [1.807, 2.05) is 0 Å². The SMILES string of the molecule is CC(=O)N(CC(=O)NCCc1ccccc1F)c1cccc(Cl)c1. The van der Waals surface area contributed by atoms with Crippen molar-refractivity contribution in [3.8, 4) is 0 Å². The van der Waals surface area contributed by atoms with Gasteiger partial charge in [-0.2, -0.15) is 0 Å². The highest BCUT2D eigenvalue weighted by Crippen LogP contribution is 2.19. The van der Waals surface area contributed by atoms with Crippen LogP contribution >= 0.6 is 11.6 Å². The lowest BCUT2D eigenvalue weighted by Crippen LogP contribution is -2.40. The molecule has 0 aromatic heterocycles. The molecule has 4 nitrogen and oxygen atoms in total. The van der Waals surface area contributed by atoms with Gasteiger partial charge >= 0.3 is 0 Å². The summed E-state index contributed by atoms with van der Waals surface area (Å²) >= 11 is 5.92. The summed E-state index contributed by atoms with van der Waals surface area (Å²) in [5.74, 6) is -0.876. The summed E-state index contributed by atoms with van der Waals surface area (Å²) in [6, 6.07) is 13.2. The van der Waals surface area contributed by atoms with Crippen molar-refractivity contribution >= 4 is 29.1 Å². The number of hydrogen-bond donors (Lipinski definition) is 1. The van der Waals surface area contributed by atoms with Crippen molar-refractivity contribution < 1.29 is 14.0 Å². The Labute approximate surface area is 145 Å². The fourth-order valence-corrected chi connectivity index (χ4v) is 2.45. The first-order chi connectivity index (χ1) is 11.5. The van der Waals surface area contributed by atoms with E-state index in [9.17, 15) is 14.0 Å². The van der Waals surface area contributed by atoms with Crippen LogP contribution < -0.4 is 10.2 Å². The lowest BCUT2D eigenvalue weighted by Gasteiger charge is -2.21. The number of carbonyl (C=O) groups is 2. The van der Waals surface area contributed by atoms with E-state index >= 15 is 0 Å². The van der Waals surface area contributed by atoms with E-state index in [1.165, 1.54) is 17.9 Å². The number of nitrogens with zero attached hydrogens (tertiary/aromatic N) is 1. The highest BCUT2D eigenvalue weighted by atomic mass is 35.5. The molecular weight excluding hydrogens is 331 g/mol. The summed E-state index contributed by atoms with van der Waals surface area (Å²) < 4.78 is 13.5. The molecule has 24 heavy (non-hydrogen) atoms. The molecule has 2 amide bonds. The van der Waals surface area contributed by atoms with Crippen molar-refractivity contribution in [3.05, 3.63) is 64.9 Å². The van der Waals surface area contributed by atoms with Crippen molar-refractivity contribution in [1.29, 1.82) is 0 Å². The average Bonchev–Trinajstić information content (AvgIpc) is 2.54. The first-order valence-corrected chi connectivity index (χ1v) is 7.89. The molecule has 6 heteroatoms. The Morgan fingerprint density at radius 1 is 1.17 bits per heavy atom. The monoisotopic (exact) mass is 348 g/mol. The predicted octanol–water partition coefficient (Wildman–Crippen LogP) is 3.19. The summed E-state index contributed by atoms with van der Waals surface area (Å²) in [6.45, 7) is 1.56. The minimum atomic E-state index is -0.318. The topological polar surface area (TPSA) is 49.4 Å². The lowest BCUT2D eigenvalue weighted by molar-refractivity contribution is -0.123. The Morgan fingerprint density at radius 3 is 2.58 bits per heavy atom. The number of hydrogen-bond acceptors (Lipinski definition) is 2. The van der Waals surface area contributed by atoms with Gasteiger partial charge in [-0.3, -0.25) is 9.59 Å². The minimum absolute atomic E-state index is 0.118. The maximum Gasteiger partial charge on any atom is 0.240 e. The molecule has 2 rings (SSSR count). The largest absolute Gasteiger partial charge is 0.354 e. The van der Waals surface area contributed by atoms with Gasteiger partial charge in [0, 0.05) is 24.2 Å². The van der Waals surface area contributed by atoms with Crippen LogP contribution in [0.15, 0.2) is 48.5 Å². The molecule has 126 valence electrons. The van der Waals surface area contributed by atoms with Gasteiger partial charge in [-0.25, -0.2) is 4.39 Å². The molecule has 0 bridgehead atoms. The minimum Gasteiger partial charge on any atom is -0.354 e. The maximum absolute atomic E-state index is 13.5. The Bertz CT molecular complexity index is 736. The van der Waals surface area contributed by atoms with Gasteiger partial charge in [-0.05, 0) is 36.2 Å². The number of nitrogens with one attached hydrogen (secondary N) is 1. The first kappa shape index (κ1) is 17.9. The maximum atomic E-state index is 13.5. The van der Waals surface area contributed by atoms with Crippen LogP contribution in [0.1, 0.15) is 12.5 Å². The molecule has 2 aromatic carbocycles. The third-order valence-electron chi connectivity index (χ3n) is 3.48. The Kier molecular flexibility index (Phi) is 6.32. The van der Waals surface area contributed by atoms with Crippen molar-refractivity contribution in [2.75, 3.05) is 18.0 Å². The summed E-state index contributed by atoms with van der Waals surface area (Å²) in [5.41, 5.74) is 1.09. The number of amides is 2. The molecule has 0 saturated heterocycles. The van der Waals surface area contributed by atoms with Crippen molar-refractivity contribution in [3.63, 3.8) is 0 Å². The molecule has 0 heterocycles. The smallest absolute Gasteiger partial charge is 0.240 e. The van der Waals surface area contributed by atoms with E-state index in [0.29, 0.717) is 29.2 Å². The van der Waals surface area contributed by atoms with Gasteiger partial charge in [0.2, 0.25) is 11.8 Å². The fourth-order valence-electron chi connectivity index (χ4n) is 2.27. The molecule has 1 N–H and O–H groups in total. The number of benzene rings is 2. The molecule has 0 radical (unpaired) electrons. The number of anilines is 1. The van der Waals surface area contributed by atoms with Gasteiger partial charge in [0.05, 0.1) is 0 Å². The predicted molar refractivity (Wildman–Crippen MR) is 92.6 cm³/mol. The van der Waals surface area contributed by atoms with Gasteiger partial charge in [0.15, 0.2) is 0 Å². The van der Waals surface area contributed by atoms with Crippen LogP contribution in [0.4, 0.5) is 10.1 Å². The lowest BCUT2D eigenvalue weighted by atomic mass is 10.1. The van der Waals surface area contributed by atoms with Crippen LogP contribution in [-0.2, 0) is 16.0 Å². The zero-order chi connectivity index (χ0) is 17.5. The zero-order valence-corrected chi connectivity index (χ0v) is 14.0. The Hall–Kier alpha value is -2.40. The number of halogens is 2. The molecule has 0 spiro atoms. The van der Waals surface area contributed by atoms with Crippen LogP contribution in [-0.4, -0.2) is 24.9 Å². The second kappa shape index (κ2) is 8.45. The van der Waals surface area contributed by atoms with Crippen LogP contribution in [0.25, 0.3) is 0 Å². The zero-order valence-electron chi connectivity index (χ0n) is 13.3. The van der Waals surface area contributed by atoms with Crippen LogP contribution in [0.5, 0.6) is 0 Å². The second-order valence-electron chi connectivity index (χ2n) is 5.28. The van der Waals surface area contributed by atoms with Gasteiger partial charge in [0.1, 0.15) is 12.4 Å². The standard InChI is InChI=1S/C18H18ClFN2O2/c1-13(23)22(16-7-4-6-15(19)11-16)12-18(24)21-10-9-14-5-2-3-8-17(14)20/h2-8,11H,9-10,12H2,1H3,(H,21,24). The number of rotatable bonds is 6. The van der Waals surface area contributed by atoms with E-state index in [4.69, 9.17) is 11.6 Å². The molecule has 0 fully saturated rings. The Morgan fingerprint density at radius 2 is 1.92 bits per heavy atom. The molecular formula is C18H18ClFN2O2. The summed E-state index contributed by atoms with van der Waals surface area (Å²) in [6.07, 6.45) is 0.385. The van der Waals surface area contributed by atoms with E-state index in [0.717, 1.165) is 0 Å². The average molecular weight is 349 g/mol. The molecule has 0 atom stereocenters. The summed E-state index contributed by atoms with van der Waals surface area (Å²) in [7, 11) is 0. The molecule has 0 saturated carbocycles. The van der Waals surface area contributed by atoms with Crippen molar-refractivity contribution in [1.82, 2.24) is 5.32 Å². The quantitative estimate of drug-likeness (QED) is 0.871. The molecule has 0 aliphatic heterocycles. The highest BCUT2D eigenvalue weighted by molar-refractivity contribution is 6.30.